The Balaban J connectivity index is -0.00000000000313. The van der Waals surface area contributed by atoms with Crippen LogP contribution in [0, 0.1) is 10.8 Å². The summed E-state index contributed by atoms with van der Waals surface area (Å²) < 4.78 is 0. The largest absolute Gasteiger partial charge is 0.0776 e. The van der Waals surface area contributed by atoms with Crippen LogP contribution in [-0.2, 0) is 0 Å². The fraction of sp³-hybridized carbons (Fsp3) is 1.00. The molecule has 0 rings (SSSR count). The van der Waals surface area contributed by atoms with Crippen LogP contribution >= 0.6 is 0 Å². The maximum Gasteiger partial charge on any atom is 0 e. The second-order valence-corrected chi connectivity index (χ2v) is 0. The van der Waals surface area contributed by atoms with E-state index in [-0.39, 0.29) is 416 Å². The first kappa shape index (κ1) is 543000. The van der Waals surface area contributed by atoms with Gasteiger partial charge in [-0.25, -0.2) is 0 Å². The van der Waals surface area contributed by atoms with E-state index in [9.17, 15) is 0 Å². The Morgan fingerprint density at radius 2 is 0.0678 bits per heavy atom. The van der Waals surface area contributed by atoms with Crippen molar-refractivity contribution in [2.75, 3.05) is 0 Å². The molecule has 0 saturated heterocycles. The van der Waals surface area contributed by atoms with Gasteiger partial charge in [-0.15, -0.1) is 0 Å². The molecule has 472 valence electrons. The van der Waals surface area contributed by atoms with Crippen molar-refractivity contribution in [3.8, 4) is 0 Å². The summed E-state index contributed by atoms with van der Waals surface area (Å²) in [6, 6.07) is 0. The van der Waals surface area contributed by atoms with Gasteiger partial charge in [0, 0.05) is 10.8 Å². The maximum absolute atomic E-state index is 6.00. The third-order valence-electron chi connectivity index (χ3n) is 0. The molecule has 0 spiro atoms. The van der Waals surface area contributed by atoms with Crippen molar-refractivity contribution < 1.29 is 0 Å². The Hall–Kier alpha value is -1.58. The van der Waals surface area contributed by atoms with Crippen molar-refractivity contribution >= 4 is 0 Å². The summed E-state index contributed by atoms with van der Waals surface area (Å²) in [5.41, 5.74) is 0. The van der Waals surface area contributed by atoms with Crippen molar-refractivity contribution in [3.63, 3.8) is 0 Å². The summed E-state index contributed by atoms with van der Waals surface area (Å²) >= 11 is 0. The molecule has 0 atom stereocenters. The fourth-order valence-corrected chi connectivity index (χ4v) is 0. The van der Waals surface area contributed by atoms with E-state index >= 15 is 0 Å². The van der Waals surface area contributed by atoms with Gasteiger partial charge in [-0.3, -0.25) is 0 Å². The minimum Gasteiger partial charge on any atom is -0.0776 e. The molecular weight excluding hydrogens is 960 g/mol. The first-order valence-corrected chi connectivity index (χ1v) is 0.200. The molecule has 0 saturated carbocycles. The molecule has 0 aromatic carbocycles. The van der Waals surface area contributed by atoms with E-state index in [0.29, 0.717) is 0 Å². The first-order valence-electron chi connectivity index (χ1n) is 0.200. The first-order chi connectivity index (χ1) is 1.00. The normalized spacial score (nSPS) is 0.0339. The van der Waals surface area contributed by atoms with Gasteiger partial charge in [0.05, 0.1) is 0 Å². The van der Waals surface area contributed by atoms with Crippen LogP contribution in [0.5, 0.6) is 0 Å². The van der Waals surface area contributed by atoms with Crippen molar-refractivity contribution in [2.45, 2.75) is 416 Å². The van der Waals surface area contributed by atoms with Crippen LogP contribution in [0.1, 0.15) is 416 Å². The molecule has 0 heterocycles. The molecule has 0 radical (unpaired) electrons. The molecule has 0 aliphatic carbocycles. The molecule has 0 bridgehead atoms. The SMILES string of the molecule is C.C.C.C.C.C.C.C.C.C.C.C.C.C.C.C.C.C.C.C.C.C.C.C.C.C.C.C.C.C.C.C.C.C.C.C.C.C.C.C.C.C.C.C.C.C.C.C.C.C.C.C.C.C.C.C.N#N.[No]. The smallest absolute Gasteiger partial charge is 0 e. The molecule has 0 aliphatic rings. The maximum atomic E-state index is 6.00. The number of hydrogen-bond acceptors (Lipinski definition) is 2. The predicted molar refractivity (Wildman–Crippen MR) is 380 cm³/mol. The van der Waals surface area contributed by atoms with Crippen LogP contribution in [0.15, 0.2) is 0 Å². The minimum atomic E-state index is 0. The van der Waals surface area contributed by atoms with Crippen molar-refractivity contribution in [1.29, 1.82) is 10.8 Å². The predicted octanol–water partition coefficient (Wildman–Crippen LogP) is 35.7. The molecule has 2 nitrogen and oxygen atoms in total. The monoisotopic (exact) mass is 1180 g/mol. The summed E-state index contributed by atoms with van der Waals surface area (Å²) in [4.78, 5) is 0. The van der Waals surface area contributed by atoms with Crippen molar-refractivity contribution in [2.24, 2.45) is 0 Å². The Bertz CT molecular complexity index is 24.6. The molecule has 0 fully saturated rings. The van der Waals surface area contributed by atoms with Crippen molar-refractivity contribution in [3.05, 3.63) is 0 Å². The third-order valence-corrected chi connectivity index (χ3v) is 0. The van der Waals surface area contributed by atoms with E-state index in [1.54, 1.807) is 0 Å². The molecule has 59 heavy (non-hydrogen) atoms. The zero-order chi connectivity index (χ0) is 2.00. The topological polar surface area (TPSA) is 47.6 Å². The average Bonchev–Trinajstić information content (AvgIpc) is 1.00. The fourth-order valence-electron chi connectivity index (χ4n) is 0. The Kier molecular flexibility index (Phi) is 639000000. The summed E-state index contributed by atoms with van der Waals surface area (Å²) in [7, 11) is 0. The Labute approximate surface area is 425 Å². The summed E-state index contributed by atoms with van der Waals surface area (Å²) in [6.45, 7) is 0. The van der Waals surface area contributed by atoms with Crippen LogP contribution in [0.2, 0.25) is 0 Å². The van der Waals surface area contributed by atoms with E-state index in [2.05, 4.69) is 0 Å². The summed E-state index contributed by atoms with van der Waals surface area (Å²) in [5.74, 6) is 0. The van der Waals surface area contributed by atoms with Gasteiger partial charge in [0.1, 0.15) is 0 Å². The molecule has 0 unspecified atom stereocenters. The van der Waals surface area contributed by atoms with Gasteiger partial charge in [-0.1, -0.05) is 416 Å². The molecule has 0 N–H and O–H groups in total. The van der Waals surface area contributed by atoms with Crippen LogP contribution in [-0.4, -0.2) is 0 Å². The average molecular weight is 1190 g/mol. The summed E-state index contributed by atoms with van der Waals surface area (Å²) in [6.07, 6.45) is 0. The number of nitrogens with zero attached hydrogens (tertiary/aromatic N) is 2. The van der Waals surface area contributed by atoms with Gasteiger partial charge >= 0.3 is 0 Å². The van der Waals surface area contributed by atoms with Gasteiger partial charge in [-0.2, -0.15) is 0 Å². The van der Waals surface area contributed by atoms with Crippen molar-refractivity contribution in [1.82, 2.24) is 0 Å². The van der Waals surface area contributed by atoms with Gasteiger partial charge in [0.15, 0.2) is 0 Å². The number of hydrogen-bond donors (Lipinski definition) is 0. The number of rotatable bonds is 0. The van der Waals surface area contributed by atoms with Crippen LogP contribution in [0.4, 0.5) is 0 Å². The molecular formula is C56H224N2No. The van der Waals surface area contributed by atoms with E-state index < -0.39 is 0 Å². The van der Waals surface area contributed by atoms with E-state index in [1.165, 1.54) is 0 Å². The van der Waals surface area contributed by atoms with Gasteiger partial charge < -0.3 is 0 Å². The van der Waals surface area contributed by atoms with Crippen LogP contribution in [0.3, 0.4) is 0 Å². The second kappa shape index (κ2) is 69400. The van der Waals surface area contributed by atoms with Gasteiger partial charge in [-0.05, 0) is 0 Å². The molecule has 0 aromatic rings. The van der Waals surface area contributed by atoms with E-state index in [1.807, 2.05) is 0 Å². The standard InChI is InChI=1S/56CH4.N2.No/c;;;;;;;;;;;;;;;;;;;;;;;;;;;;;;;;;;;;;;;;;;;;;;;;;;;;;;;;1-2;/h56*1H4;;. The summed E-state index contributed by atoms with van der Waals surface area (Å²) in [5, 5.41) is 12.0. The molecule has 3 heteroatoms. The van der Waals surface area contributed by atoms with E-state index in [4.69, 9.17) is 10.8 Å². The van der Waals surface area contributed by atoms with Crippen LogP contribution < -0.4 is 0 Å². The van der Waals surface area contributed by atoms with Crippen LogP contribution in [0.25, 0.3) is 0 Å². The van der Waals surface area contributed by atoms with Gasteiger partial charge in [0.25, 0.3) is 0 Å². The third kappa shape index (κ3) is 66900. The second-order valence-electron chi connectivity index (χ2n) is 0. The quantitative estimate of drug-likeness (QED) is 0.227. The Morgan fingerprint density at radius 1 is 0.0678 bits per heavy atom. The molecule has 0 amide bonds. The van der Waals surface area contributed by atoms with E-state index in [0.717, 1.165) is 0 Å². The molecule has 0 aromatic heterocycles. The zero-order valence-corrected chi connectivity index (χ0v) is 3.39. The molecule has 0 aliphatic heterocycles. The zero-order valence-electron chi connectivity index (χ0n) is 1.16. The minimum absolute atomic E-state index is 0. The van der Waals surface area contributed by atoms with Gasteiger partial charge in [0.2, 0.25) is 0 Å². The Morgan fingerprint density at radius 3 is 0.0678 bits per heavy atom.